The van der Waals surface area contributed by atoms with E-state index in [0.717, 1.165) is 31.9 Å². The molecular weight excluding hydrogens is 219 g/mol. The van der Waals surface area contributed by atoms with Gasteiger partial charge in [-0.25, -0.2) is 4.39 Å². The van der Waals surface area contributed by atoms with E-state index in [1.54, 1.807) is 12.1 Å². The summed E-state index contributed by atoms with van der Waals surface area (Å²) in [5.41, 5.74) is 0.949. The molecule has 0 radical (unpaired) electrons. The number of ether oxygens (including phenoxy) is 1. The number of nitrogens with one attached hydrogen (secondary N) is 2. The molecule has 1 fully saturated rings. The van der Waals surface area contributed by atoms with Crippen LogP contribution in [0.1, 0.15) is 12.8 Å². The first-order chi connectivity index (χ1) is 8.34. The summed E-state index contributed by atoms with van der Waals surface area (Å²) in [4.78, 5) is 0. The van der Waals surface area contributed by atoms with E-state index < -0.39 is 0 Å². The minimum Gasteiger partial charge on any atom is -0.384 e. The molecule has 1 aliphatic rings. The van der Waals surface area contributed by atoms with Gasteiger partial charge in [-0.2, -0.15) is 0 Å². The Balaban J connectivity index is 1.55. The number of anilines is 1. The number of benzene rings is 1. The number of hydrogen-bond acceptors (Lipinski definition) is 3. The lowest BCUT2D eigenvalue weighted by Gasteiger charge is -2.11. The summed E-state index contributed by atoms with van der Waals surface area (Å²) in [6, 6.07) is 6.41. The molecule has 1 atom stereocenters. The van der Waals surface area contributed by atoms with E-state index in [-0.39, 0.29) is 5.82 Å². The van der Waals surface area contributed by atoms with Crippen LogP contribution in [0.5, 0.6) is 0 Å². The van der Waals surface area contributed by atoms with Crippen LogP contribution in [0.25, 0.3) is 0 Å². The van der Waals surface area contributed by atoms with Crippen molar-refractivity contribution >= 4 is 5.69 Å². The topological polar surface area (TPSA) is 33.3 Å². The fourth-order valence-electron chi connectivity index (χ4n) is 1.93. The van der Waals surface area contributed by atoms with Crippen LogP contribution in [0.2, 0.25) is 0 Å². The van der Waals surface area contributed by atoms with Crippen molar-refractivity contribution in [3.63, 3.8) is 0 Å². The van der Waals surface area contributed by atoms with Crippen molar-refractivity contribution in [1.29, 1.82) is 0 Å². The molecule has 1 aromatic carbocycles. The molecule has 0 aliphatic carbocycles. The zero-order valence-electron chi connectivity index (χ0n) is 9.92. The quantitative estimate of drug-likeness (QED) is 0.744. The van der Waals surface area contributed by atoms with Crippen LogP contribution in [0.15, 0.2) is 24.3 Å². The van der Waals surface area contributed by atoms with Gasteiger partial charge in [-0.15, -0.1) is 0 Å². The zero-order chi connectivity index (χ0) is 11.9. The predicted octanol–water partition coefficient (Wildman–Crippen LogP) is 2.01. The smallest absolute Gasteiger partial charge is 0.123 e. The van der Waals surface area contributed by atoms with E-state index >= 15 is 0 Å². The summed E-state index contributed by atoms with van der Waals surface area (Å²) in [5.74, 6) is -0.202. The molecule has 1 heterocycles. The van der Waals surface area contributed by atoms with E-state index in [4.69, 9.17) is 4.74 Å². The summed E-state index contributed by atoms with van der Waals surface area (Å²) in [7, 11) is 0. The SMILES string of the molecule is Fc1ccc(NCCNCC2CCCO2)cc1. The van der Waals surface area contributed by atoms with E-state index in [1.807, 2.05) is 0 Å². The molecule has 0 saturated carbocycles. The van der Waals surface area contributed by atoms with Crippen LogP contribution in [0.4, 0.5) is 10.1 Å². The second-order valence-electron chi connectivity index (χ2n) is 4.27. The lowest BCUT2D eigenvalue weighted by molar-refractivity contribution is 0.110. The Labute approximate surface area is 101 Å². The van der Waals surface area contributed by atoms with Gasteiger partial charge in [-0.1, -0.05) is 0 Å². The zero-order valence-corrected chi connectivity index (χ0v) is 9.92. The van der Waals surface area contributed by atoms with Gasteiger partial charge in [0.05, 0.1) is 6.10 Å². The molecule has 0 amide bonds. The Morgan fingerprint density at radius 1 is 1.24 bits per heavy atom. The molecule has 94 valence electrons. The van der Waals surface area contributed by atoms with E-state index in [9.17, 15) is 4.39 Å². The average Bonchev–Trinajstić information content (AvgIpc) is 2.84. The lowest BCUT2D eigenvalue weighted by Crippen LogP contribution is -2.30. The highest BCUT2D eigenvalue weighted by molar-refractivity contribution is 5.42. The highest BCUT2D eigenvalue weighted by atomic mass is 19.1. The molecule has 17 heavy (non-hydrogen) atoms. The third-order valence-electron chi connectivity index (χ3n) is 2.87. The number of rotatable bonds is 6. The van der Waals surface area contributed by atoms with Crippen LogP contribution >= 0.6 is 0 Å². The van der Waals surface area contributed by atoms with E-state index in [1.165, 1.54) is 25.0 Å². The van der Waals surface area contributed by atoms with Crippen molar-refractivity contribution in [3.05, 3.63) is 30.1 Å². The largest absolute Gasteiger partial charge is 0.384 e. The van der Waals surface area contributed by atoms with Crippen molar-refractivity contribution in [3.8, 4) is 0 Å². The highest BCUT2D eigenvalue weighted by Gasteiger charge is 2.13. The molecule has 1 aromatic rings. The second kappa shape index (κ2) is 6.57. The first kappa shape index (κ1) is 12.3. The Kier molecular flexibility index (Phi) is 4.76. The lowest BCUT2D eigenvalue weighted by atomic mass is 10.2. The average molecular weight is 238 g/mol. The van der Waals surface area contributed by atoms with Gasteiger partial charge >= 0.3 is 0 Å². The highest BCUT2D eigenvalue weighted by Crippen LogP contribution is 2.10. The summed E-state index contributed by atoms with van der Waals surface area (Å²) >= 11 is 0. The minimum atomic E-state index is -0.202. The van der Waals surface area contributed by atoms with E-state index in [2.05, 4.69) is 10.6 Å². The molecule has 0 bridgehead atoms. The van der Waals surface area contributed by atoms with Gasteiger partial charge in [-0.05, 0) is 37.1 Å². The van der Waals surface area contributed by atoms with E-state index in [0.29, 0.717) is 6.10 Å². The summed E-state index contributed by atoms with van der Waals surface area (Å²) in [6.45, 7) is 3.54. The maximum absolute atomic E-state index is 12.6. The molecule has 2 rings (SSSR count). The molecule has 0 spiro atoms. The van der Waals surface area contributed by atoms with Crippen molar-refractivity contribution in [2.75, 3.05) is 31.6 Å². The Morgan fingerprint density at radius 3 is 2.76 bits per heavy atom. The first-order valence-electron chi connectivity index (χ1n) is 6.16. The molecule has 1 aliphatic heterocycles. The van der Waals surface area contributed by atoms with Crippen molar-refractivity contribution in [1.82, 2.24) is 5.32 Å². The van der Waals surface area contributed by atoms with Crippen molar-refractivity contribution in [2.45, 2.75) is 18.9 Å². The standard InChI is InChI=1S/C13H19FN2O/c14-11-3-5-12(6-4-11)16-8-7-15-10-13-2-1-9-17-13/h3-6,13,15-16H,1-2,7-10H2. The molecule has 3 nitrogen and oxygen atoms in total. The fraction of sp³-hybridized carbons (Fsp3) is 0.538. The molecule has 1 unspecified atom stereocenters. The monoisotopic (exact) mass is 238 g/mol. The van der Waals surface area contributed by atoms with Crippen molar-refractivity contribution < 1.29 is 9.13 Å². The Hall–Kier alpha value is -1.13. The van der Waals surface area contributed by atoms with Crippen LogP contribution in [-0.4, -0.2) is 32.3 Å². The van der Waals surface area contributed by atoms with Crippen LogP contribution < -0.4 is 10.6 Å². The molecular formula is C13H19FN2O. The molecule has 0 aromatic heterocycles. The third kappa shape index (κ3) is 4.32. The fourth-order valence-corrected chi connectivity index (χ4v) is 1.93. The van der Waals surface area contributed by atoms with Crippen molar-refractivity contribution in [2.24, 2.45) is 0 Å². The molecule has 2 N–H and O–H groups in total. The normalized spacial score (nSPS) is 19.5. The first-order valence-corrected chi connectivity index (χ1v) is 6.16. The minimum absolute atomic E-state index is 0.202. The maximum Gasteiger partial charge on any atom is 0.123 e. The summed E-state index contributed by atoms with van der Waals surface area (Å²) in [5, 5.41) is 6.57. The van der Waals surface area contributed by atoms with Gasteiger partial charge in [0.2, 0.25) is 0 Å². The Bertz CT molecular complexity index is 323. The van der Waals surface area contributed by atoms with Gasteiger partial charge in [0.25, 0.3) is 0 Å². The predicted molar refractivity (Wildman–Crippen MR) is 66.7 cm³/mol. The van der Waals surface area contributed by atoms with Gasteiger partial charge in [0, 0.05) is 31.9 Å². The van der Waals surface area contributed by atoms with Crippen LogP contribution in [0, 0.1) is 5.82 Å². The summed E-state index contributed by atoms with van der Waals surface area (Å²) in [6.07, 6.45) is 2.74. The molecule has 4 heteroatoms. The van der Waals surface area contributed by atoms with Crippen LogP contribution in [0.3, 0.4) is 0 Å². The second-order valence-corrected chi connectivity index (χ2v) is 4.27. The maximum atomic E-state index is 12.6. The van der Waals surface area contributed by atoms with Gasteiger partial charge in [0.15, 0.2) is 0 Å². The third-order valence-corrected chi connectivity index (χ3v) is 2.87. The van der Waals surface area contributed by atoms with Crippen LogP contribution in [-0.2, 0) is 4.74 Å². The van der Waals surface area contributed by atoms with Gasteiger partial charge in [-0.3, -0.25) is 0 Å². The Morgan fingerprint density at radius 2 is 2.06 bits per heavy atom. The molecule has 1 saturated heterocycles. The number of halogens is 1. The summed E-state index contributed by atoms with van der Waals surface area (Å²) < 4.78 is 18.2. The van der Waals surface area contributed by atoms with Gasteiger partial charge in [0.1, 0.15) is 5.82 Å². The number of hydrogen-bond donors (Lipinski definition) is 2. The van der Waals surface area contributed by atoms with Gasteiger partial charge < -0.3 is 15.4 Å².